The van der Waals surface area contributed by atoms with Crippen molar-refractivity contribution in [1.82, 2.24) is 14.9 Å². The van der Waals surface area contributed by atoms with Crippen LogP contribution in [0, 0.1) is 6.92 Å². The highest BCUT2D eigenvalue weighted by Crippen LogP contribution is 2.32. The molecule has 6 heteroatoms. The van der Waals surface area contributed by atoms with Crippen molar-refractivity contribution in [2.45, 2.75) is 13.5 Å². The molecule has 29 heavy (non-hydrogen) atoms. The second-order valence-corrected chi connectivity index (χ2v) is 7.22. The van der Waals surface area contributed by atoms with Gasteiger partial charge in [0, 0.05) is 38.8 Å². The molecule has 0 N–H and O–H groups in total. The van der Waals surface area contributed by atoms with Crippen molar-refractivity contribution in [2.75, 3.05) is 38.2 Å². The van der Waals surface area contributed by atoms with Crippen LogP contribution in [0.5, 0.6) is 17.4 Å². The summed E-state index contributed by atoms with van der Waals surface area (Å²) in [4.78, 5) is 13.5. The molecule has 0 unspecified atom stereocenters. The molecule has 0 bridgehead atoms. The number of methoxy groups -OCH3 is 1. The van der Waals surface area contributed by atoms with Crippen molar-refractivity contribution in [2.24, 2.45) is 0 Å². The lowest BCUT2D eigenvalue weighted by Crippen LogP contribution is -2.46. The third-order valence-electron chi connectivity index (χ3n) is 5.11. The van der Waals surface area contributed by atoms with Gasteiger partial charge in [0.2, 0.25) is 5.88 Å². The Kier molecular flexibility index (Phi) is 5.91. The van der Waals surface area contributed by atoms with Gasteiger partial charge in [-0.3, -0.25) is 4.90 Å². The zero-order chi connectivity index (χ0) is 20.1. The van der Waals surface area contributed by atoms with E-state index in [1.165, 1.54) is 5.56 Å². The van der Waals surface area contributed by atoms with Gasteiger partial charge in [0.05, 0.1) is 7.11 Å². The van der Waals surface area contributed by atoms with Gasteiger partial charge in [0.25, 0.3) is 0 Å². The van der Waals surface area contributed by atoms with Crippen LogP contribution in [0.25, 0.3) is 0 Å². The van der Waals surface area contributed by atoms with Crippen molar-refractivity contribution in [3.05, 3.63) is 72.1 Å². The second-order valence-electron chi connectivity index (χ2n) is 7.22. The summed E-state index contributed by atoms with van der Waals surface area (Å²) < 4.78 is 11.4. The van der Waals surface area contributed by atoms with Crippen LogP contribution >= 0.6 is 0 Å². The zero-order valence-corrected chi connectivity index (χ0v) is 16.9. The molecule has 0 atom stereocenters. The summed E-state index contributed by atoms with van der Waals surface area (Å²) in [6, 6.07) is 18.3. The number of piperazine rings is 1. The molecule has 6 nitrogen and oxygen atoms in total. The predicted molar refractivity (Wildman–Crippen MR) is 114 cm³/mol. The van der Waals surface area contributed by atoms with Gasteiger partial charge in [-0.2, -0.15) is 0 Å². The lowest BCUT2D eigenvalue weighted by molar-refractivity contribution is 0.249. The average Bonchev–Trinajstić information content (AvgIpc) is 2.76. The molecular weight excluding hydrogens is 364 g/mol. The molecule has 1 aliphatic heterocycles. The Balaban J connectivity index is 1.39. The van der Waals surface area contributed by atoms with E-state index in [-0.39, 0.29) is 0 Å². The maximum absolute atomic E-state index is 5.97. The van der Waals surface area contributed by atoms with E-state index in [2.05, 4.69) is 50.1 Å². The number of anilines is 1. The molecule has 2 heterocycles. The Labute approximate surface area is 171 Å². The Morgan fingerprint density at radius 1 is 0.897 bits per heavy atom. The van der Waals surface area contributed by atoms with Crippen LogP contribution in [0.3, 0.4) is 0 Å². The highest BCUT2D eigenvalue weighted by Gasteiger charge is 2.19. The molecule has 4 rings (SSSR count). The maximum atomic E-state index is 5.97. The Morgan fingerprint density at radius 3 is 2.45 bits per heavy atom. The van der Waals surface area contributed by atoms with Crippen molar-refractivity contribution >= 4 is 5.82 Å². The third kappa shape index (κ3) is 4.84. The number of benzene rings is 2. The molecular formula is C23H26N4O2. The topological polar surface area (TPSA) is 50.7 Å². The summed E-state index contributed by atoms with van der Waals surface area (Å²) in [5.74, 6) is 2.75. The SMILES string of the molecule is COc1cc(C)ccc1Oc1cc(N2CCN(Cc3ccccc3)CC2)ncn1. The number of hydrogen-bond donors (Lipinski definition) is 0. The molecule has 0 radical (unpaired) electrons. The summed E-state index contributed by atoms with van der Waals surface area (Å²) in [6.07, 6.45) is 1.56. The number of nitrogens with zero attached hydrogens (tertiary/aromatic N) is 4. The fraction of sp³-hybridized carbons (Fsp3) is 0.304. The first-order valence-corrected chi connectivity index (χ1v) is 9.87. The molecule has 3 aromatic rings. The standard InChI is InChI=1S/C23H26N4O2/c1-18-8-9-20(21(14-18)28-2)29-23-15-22(24-17-25-23)27-12-10-26(11-13-27)16-19-6-4-3-5-7-19/h3-9,14-15,17H,10-13,16H2,1-2H3. The summed E-state index contributed by atoms with van der Waals surface area (Å²) >= 11 is 0. The molecule has 150 valence electrons. The van der Waals surface area contributed by atoms with E-state index in [9.17, 15) is 0 Å². The van der Waals surface area contributed by atoms with Crippen molar-refractivity contribution in [3.8, 4) is 17.4 Å². The minimum Gasteiger partial charge on any atom is -0.493 e. The second kappa shape index (κ2) is 8.92. The molecule has 0 amide bonds. The zero-order valence-electron chi connectivity index (χ0n) is 16.9. The van der Waals surface area contributed by atoms with E-state index in [0.717, 1.165) is 44.1 Å². The van der Waals surface area contributed by atoms with Gasteiger partial charge in [0.15, 0.2) is 11.5 Å². The Bertz CT molecular complexity index is 941. The van der Waals surface area contributed by atoms with E-state index in [1.54, 1.807) is 13.4 Å². The fourth-order valence-corrected chi connectivity index (χ4v) is 3.51. The Morgan fingerprint density at radius 2 is 1.69 bits per heavy atom. The lowest BCUT2D eigenvalue weighted by Gasteiger charge is -2.35. The quantitative estimate of drug-likeness (QED) is 0.636. The smallest absolute Gasteiger partial charge is 0.224 e. The molecule has 0 saturated carbocycles. The van der Waals surface area contributed by atoms with E-state index in [4.69, 9.17) is 9.47 Å². The van der Waals surface area contributed by atoms with Crippen LogP contribution in [0.15, 0.2) is 60.9 Å². The summed E-state index contributed by atoms with van der Waals surface area (Å²) in [6.45, 7) is 6.86. The minimum atomic E-state index is 0.517. The van der Waals surface area contributed by atoms with Crippen molar-refractivity contribution in [3.63, 3.8) is 0 Å². The molecule has 0 aliphatic carbocycles. The van der Waals surface area contributed by atoms with E-state index in [1.807, 2.05) is 31.2 Å². The van der Waals surface area contributed by atoms with E-state index < -0.39 is 0 Å². The van der Waals surface area contributed by atoms with Crippen LogP contribution in [-0.2, 0) is 6.54 Å². The average molecular weight is 390 g/mol. The van der Waals surface area contributed by atoms with E-state index >= 15 is 0 Å². The van der Waals surface area contributed by atoms with Gasteiger partial charge in [-0.15, -0.1) is 0 Å². The van der Waals surface area contributed by atoms with E-state index in [0.29, 0.717) is 17.4 Å². The lowest BCUT2D eigenvalue weighted by atomic mass is 10.2. The third-order valence-corrected chi connectivity index (χ3v) is 5.11. The van der Waals surface area contributed by atoms with Crippen LogP contribution in [0.2, 0.25) is 0 Å². The largest absolute Gasteiger partial charge is 0.493 e. The molecule has 1 fully saturated rings. The first-order chi connectivity index (χ1) is 14.2. The van der Waals surface area contributed by atoms with Gasteiger partial charge < -0.3 is 14.4 Å². The highest BCUT2D eigenvalue weighted by atomic mass is 16.5. The molecule has 0 spiro atoms. The molecule has 1 aliphatic rings. The predicted octanol–water partition coefficient (Wildman–Crippen LogP) is 3.91. The Hall–Kier alpha value is -3.12. The van der Waals surface area contributed by atoms with Gasteiger partial charge >= 0.3 is 0 Å². The highest BCUT2D eigenvalue weighted by molar-refractivity contribution is 5.46. The van der Waals surface area contributed by atoms with Crippen LogP contribution in [0.1, 0.15) is 11.1 Å². The summed E-state index contributed by atoms with van der Waals surface area (Å²) in [5, 5.41) is 0. The van der Waals surface area contributed by atoms with Crippen LogP contribution in [0.4, 0.5) is 5.82 Å². The number of hydrogen-bond acceptors (Lipinski definition) is 6. The van der Waals surface area contributed by atoms with Gasteiger partial charge in [-0.1, -0.05) is 36.4 Å². The number of ether oxygens (including phenoxy) is 2. The van der Waals surface area contributed by atoms with Crippen molar-refractivity contribution in [1.29, 1.82) is 0 Å². The summed E-state index contributed by atoms with van der Waals surface area (Å²) in [7, 11) is 1.64. The molecule has 2 aromatic carbocycles. The van der Waals surface area contributed by atoms with Gasteiger partial charge in [-0.05, 0) is 30.2 Å². The first kappa shape index (κ1) is 19.2. The number of aromatic nitrogens is 2. The van der Waals surface area contributed by atoms with Crippen LogP contribution in [-0.4, -0.2) is 48.2 Å². The first-order valence-electron chi connectivity index (χ1n) is 9.87. The van der Waals surface area contributed by atoms with Crippen molar-refractivity contribution < 1.29 is 9.47 Å². The monoisotopic (exact) mass is 390 g/mol. The summed E-state index contributed by atoms with van der Waals surface area (Å²) in [5.41, 5.74) is 2.47. The van der Waals surface area contributed by atoms with Crippen LogP contribution < -0.4 is 14.4 Å². The number of aryl methyl sites for hydroxylation is 1. The minimum absolute atomic E-state index is 0.517. The fourth-order valence-electron chi connectivity index (χ4n) is 3.51. The number of rotatable bonds is 6. The molecule has 1 aromatic heterocycles. The normalized spacial score (nSPS) is 14.6. The maximum Gasteiger partial charge on any atom is 0.224 e. The molecule has 1 saturated heterocycles. The van der Waals surface area contributed by atoms with Gasteiger partial charge in [-0.25, -0.2) is 9.97 Å². The van der Waals surface area contributed by atoms with Gasteiger partial charge in [0.1, 0.15) is 12.1 Å².